The molecule has 0 aliphatic rings. The van der Waals surface area contributed by atoms with Crippen LogP contribution in [0.4, 0.5) is 0 Å². The van der Waals surface area contributed by atoms with E-state index in [1.165, 1.54) is 6.92 Å². The molecular formula is C11H10INO. The average Bonchev–Trinajstić information content (AvgIpc) is 2.15. The molecule has 1 rings (SSSR count). The van der Waals surface area contributed by atoms with Gasteiger partial charge in [0.25, 0.3) is 0 Å². The Hall–Kier alpha value is -0.890. The summed E-state index contributed by atoms with van der Waals surface area (Å²) in [5, 5.41) is 8.95. The Morgan fingerprint density at radius 3 is 2.71 bits per heavy atom. The Morgan fingerprint density at radius 1 is 1.57 bits per heavy atom. The van der Waals surface area contributed by atoms with E-state index in [1.54, 1.807) is 0 Å². The lowest BCUT2D eigenvalue weighted by Crippen LogP contribution is -2.03. The molecule has 0 amide bonds. The molecule has 0 bridgehead atoms. The predicted molar refractivity (Wildman–Crippen MR) is 62.8 cm³/mol. The van der Waals surface area contributed by atoms with Gasteiger partial charge >= 0.3 is 0 Å². The maximum Gasteiger partial charge on any atom is 0.131 e. The fourth-order valence-electron chi connectivity index (χ4n) is 1.27. The van der Waals surface area contributed by atoms with Crippen molar-refractivity contribution in [3.8, 4) is 6.07 Å². The van der Waals surface area contributed by atoms with Crippen molar-refractivity contribution in [1.29, 1.82) is 5.26 Å². The molecule has 0 saturated heterocycles. The molecule has 2 nitrogen and oxygen atoms in total. The van der Waals surface area contributed by atoms with Crippen molar-refractivity contribution >= 4 is 28.4 Å². The first-order chi connectivity index (χ1) is 6.65. The van der Waals surface area contributed by atoms with Gasteiger partial charge in [-0.25, -0.2) is 0 Å². The molecule has 72 valence electrons. The molecule has 0 saturated carbocycles. The summed E-state index contributed by atoms with van der Waals surface area (Å²) < 4.78 is 1.04. The van der Waals surface area contributed by atoms with Gasteiger partial charge in [-0.1, -0.05) is 18.2 Å². The minimum absolute atomic E-state index is 0.0520. The van der Waals surface area contributed by atoms with Crippen molar-refractivity contribution in [2.24, 2.45) is 0 Å². The van der Waals surface area contributed by atoms with Crippen LogP contribution in [0, 0.1) is 14.9 Å². The first kappa shape index (κ1) is 11.2. The van der Waals surface area contributed by atoms with Crippen LogP contribution in [0.5, 0.6) is 0 Å². The number of ketones is 1. The van der Waals surface area contributed by atoms with Gasteiger partial charge in [0.15, 0.2) is 0 Å². The van der Waals surface area contributed by atoms with Crippen molar-refractivity contribution < 1.29 is 4.79 Å². The molecule has 0 spiro atoms. The summed E-state index contributed by atoms with van der Waals surface area (Å²) in [6.07, 6.45) is 0.302. The Balaban J connectivity index is 2.96. The van der Waals surface area contributed by atoms with Crippen LogP contribution in [0.1, 0.15) is 24.8 Å². The number of carbonyl (C=O) groups is 1. The Labute approximate surface area is 97.1 Å². The van der Waals surface area contributed by atoms with Crippen LogP contribution in [0.2, 0.25) is 0 Å². The summed E-state index contributed by atoms with van der Waals surface area (Å²) in [4.78, 5) is 10.9. The van der Waals surface area contributed by atoms with E-state index in [0.29, 0.717) is 6.42 Å². The van der Waals surface area contributed by atoms with Gasteiger partial charge in [0, 0.05) is 9.99 Å². The van der Waals surface area contributed by atoms with Gasteiger partial charge in [-0.05, 0) is 41.1 Å². The second-order valence-corrected chi connectivity index (χ2v) is 4.27. The molecule has 1 aromatic rings. The molecule has 1 atom stereocenters. The van der Waals surface area contributed by atoms with Gasteiger partial charge in [0.05, 0.1) is 12.0 Å². The molecule has 0 radical (unpaired) electrons. The van der Waals surface area contributed by atoms with E-state index < -0.39 is 0 Å². The van der Waals surface area contributed by atoms with Crippen LogP contribution in [0.3, 0.4) is 0 Å². The molecule has 0 aromatic heterocycles. The zero-order chi connectivity index (χ0) is 10.6. The van der Waals surface area contributed by atoms with Crippen molar-refractivity contribution in [3.63, 3.8) is 0 Å². The fraction of sp³-hybridized carbons (Fsp3) is 0.273. The summed E-state index contributed by atoms with van der Waals surface area (Å²) in [5.74, 6) is -0.253. The van der Waals surface area contributed by atoms with E-state index in [-0.39, 0.29) is 11.7 Å². The maximum atomic E-state index is 10.9. The molecule has 0 N–H and O–H groups in total. The molecular weight excluding hydrogens is 289 g/mol. The third-order valence-electron chi connectivity index (χ3n) is 1.93. The van der Waals surface area contributed by atoms with Gasteiger partial charge < -0.3 is 0 Å². The highest BCUT2D eigenvalue weighted by Crippen LogP contribution is 2.24. The lowest BCUT2D eigenvalue weighted by Gasteiger charge is -2.08. The second-order valence-electron chi connectivity index (χ2n) is 3.11. The highest BCUT2D eigenvalue weighted by molar-refractivity contribution is 14.1. The molecule has 3 heteroatoms. The normalized spacial score (nSPS) is 11.8. The number of hydrogen-bond acceptors (Lipinski definition) is 2. The van der Waals surface area contributed by atoms with Crippen LogP contribution in [-0.2, 0) is 4.79 Å². The number of halogens is 1. The molecule has 1 unspecified atom stereocenters. The van der Waals surface area contributed by atoms with Gasteiger partial charge in [-0.2, -0.15) is 5.26 Å². The predicted octanol–water partition coefficient (Wildman–Crippen LogP) is 2.88. The largest absolute Gasteiger partial charge is 0.300 e. The summed E-state index contributed by atoms with van der Waals surface area (Å²) >= 11 is 2.18. The Morgan fingerprint density at radius 2 is 2.21 bits per heavy atom. The smallest absolute Gasteiger partial charge is 0.131 e. The van der Waals surface area contributed by atoms with E-state index >= 15 is 0 Å². The third kappa shape index (κ3) is 2.81. The van der Waals surface area contributed by atoms with Crippen molar-refractivity contribution in [2.45, 2.75) is 19.3 Å². The zero-order valence-electron chi connectivity index (χ0n) is 7.83. The van der Waals surface area contributed by atoms with Crippen LogP contribution >= 0.6 is 22.6 Å². The number of carbonyl (C=O) groups excluding carboxylic acids is 1. The molecule has 0 heterocycles. The Bertz CT molecular complexity index is 381. The van der Waals surface area contributed by atoms with Crippen molar-refractivity contribution in [2.75, 3.05) is 0 Å². The zero-order valence-corrected chi connectivity index (χ0v) is 9.98. The third-order valence-corrected chi connectivity index (χ3v) is 2.91. The lowest BCUT2D eigenvalue weighted by atomic mass is 9.96. The van der Waals surface area contributed by atoms with Crippen molar-refractivity contribution in [1.82, 2.24) is 0 Å². The summed E-state index contributed by atoms with van der Waals surface area (Å²) in [7, 11) is 0. The topological polar surface area (TPSA) is 40.9 Å². The first-order valence-electron chi connectivity index (χ1n) is 4.28. The molecule has 14 heavy (non-hydrogen) atoms. The summed E-state index contributed by atoms with van der Waals surface area (Å²) in [6.45, 7) is 1.51. The van der Waals surface area contributed by atoms with Gasteiger partial charge in [-0.3, -0.25) is 4.79 Å². The quantitative estimate of drug-likeness (QED) is 0.805. The summed E-state index contributed by atoms with van der Waals surface area (Å²) in [5.41, 5.74) is 0.950. The fourth-order valence-corrected chi connectivity index (χ4v) is 2.03. The first-order valence-corrected chi connectivity index (χ1v) is 5.36. The van der Waals surface area contributed by atoms with Crippen LogP contribution < -0.4 is 0 Å². The molecule has 0 fully saturated rings. The summed E-state index contributed by atoms with van der Waals surface area (Å²) in [6, 6.07) is 9.83. The van der Waals surface area contributed by atoms with Gasteiger partial charge in [0.2, 0.25) is 0 Å². The monoisotopic (exact) mass is 299 g/mol. The molecule has 0 aliphatic heterocycles. The minimum atomic E-state index is -0.305. The van der Waals surface area contributed by atoms with Crippen molar-refractivity contribution in [3.05, 3.63) is 33.4 Å². The standard InChI is InChI=1S/C11H10INO/c1-8(14)6-9(7-13)10-4-2-3-5-11(10)12/h2-5,9H,6H2,1H3. The number of hydrogen-bond donors (Lipinski definition) is 0. The highest BCUT2D eigenvalue weighted by atomic mass is 127. The van der Waals surface area contributed by atoms with Crippen LogP contribution in [-0.4, -0.2) is 5.78 Å². The van der Waals surface area contributed by atoms with E-state index in [0.717, 1.165) is 9.13 Å². The van der Waals surface area contributed by atoms with Crippen LogP contribution in [0.25, 0.3) is 0 Å². The number of nitrogens with zero attached hydrogens (tertiary/aromatic N) is 1. The van der Waals surface area contributed by atoms with E-state index in [9.17, 15) is 4.79 Å². The SMILES string of the molecule is CC(=O)CC(C#N)c1ccccc1I. The maximum absolute atomic E-state index is 10.9. The van der Waals surface area contributed by atoms with E-state index in [2.05, 4.69) is 28.7 Å². The number of benzene rings is 1. The second kappa shape index (κ2) is 5.11. The average molecular weight is 299 g/mol. The van der Waals surface area contributed by atoms with E-state index in [1.807, 2.05) is 24.3 Å². The van der Waals surface area contributed by atoms with E-state index in [4.69, 9.17) is 5.26 Å². The lowest BCUT2D eigenvalue weighted by molar-refractivity contribution is -0.117. The number of Topliss-reactive ketones (excluding diaryl/α,β-unsaturated/α-hetero) is 1. The van der Waals surface area contributed by atoms with Crippen LogP contribution in [0.15, 0.2) is 24.3 Å². The van der Waals surface area contributed by atoms with Gasteiger partial charge in [0.1, 0.15) is 5.78 Å². The Kier molecular flexibility index (Phi) is 4.08. The number of rotatable bonds is 3. The number of nitriles is 1. The minimum Gasteiger partial charge on any atom is -0.300 e. The van der Waals surface area contributed by atoms with Gasteiger partial charge in [-0.15, -0.1) is 0 Å². The molecule has 1 aromatic carbocycles. The highest BCUT2D eigenvalue weighted by Gasteiger charge is 2.14. The molecule has 0 aliphatic carbocycles.